The van der Waals surface area contributed by atoms with Crippen LogP contribution in [0.1, 0.15) is 21.6 Å². The lowest BCUT2D eigenvalue weighted by Crippen LogP contribution is -2.27. The molecule has 0 fully saturated rings. The van der Waals surface area contributed by atoms with Crippen LogP contribution in [0, 0.1) is 6.92 Å². The van der Waals surface area contributed by atoms with Crippen molar-refractivity contribution in [2.24, 2.45) is 7.05 Å². The SMILES string of the molecule is Cc1cc(NC(=O)COC(=O)c2ccc3c(c2)CCN3S(C)(=O)=O)n(C)n1. The van der Waals surface area contributed by atoms with Gasteiger partial charge in [0.05, 0.1) is 23.2 Å². The second kappa shape index (κ2) is 7.03. The van der Waals surface area contributed by atoms with Crippen LogP contribution in [0.15, 0.2) is 24.3 Å². The monoisotopic (exact) mass is 392 g/mol. The van der Waals surface area contributed by atoms with Crippen LogP contribution in [0.4, 0.5) is 11.5 Å². The Morgan fingerprint density at radius 1 is 1.30 bits per heavy atom. The van der Waals surface area contributed by atoms with Crippen molar-refractivity contribution in [2.45, 2.75) is 13.3 Å². The van der Waals surface area contributed by atoms with Gasteiger partial charge in [0.1, 0.15) is 5.82 Å². The molecule has 27 heavy (non-hydrogen) atoms. The van der Waals surface area contributed by atoms with Gasteiger partial charge in [-0.3, -0.25) is 13.8 Å². The molecule has 9 nitrogen and oxygen atoms in total. The van der Waals surface area contributed by atoms with Gasteiger partial charge >= 0.3 is 5.97 Å². The maximum Gasteiger partial charge on any atom is 0.338 e. The topological polar surface area (TPSA) is 111 Å². The largest absolute Gasteiger partial charge is 0.452 e. The quantitative estimate of drug-likeness (QED) is 0.755. The summed E-state index contributed by atoms with van der Waals surface area (Å²) in [5.74, 6) is -0.616. The van der Waals surface area contributed by atoms with Crippen LogP contribution in [0.5, 0.6) is 0 Å². The number of aromatic nitrogens is 2. The van der Waals surface area contributed by atoms with Crippen LogP contribution in [0.3, 0.4) is 0 Å². The summed E-state index contributed by atoms with van der Waals surface area (Å²) in [7, 11) is -1.65. The molecule has 1 aliphatic heterocycles. The predicted molar refractivity (Wildman–Crippen MR) is 99.2 cm³/mol. The number of nitrogens with zero attached hydrogens (tertiary/aromatic N) is 3. The van der Waals surface area contributed by atoms with Gasteiger partial charge in [-0.25, -0.2) is 13.2 Å². The van der Waals surface area contributed by atoms with Crippen molar-refractivity contribution >= 4 is 33.4 Å². The van der Waals surface area contributed by atoms with E-state index in [-0.39, 0.29) is 5.56 Å². The summed E-state index contributed by atoms with van der Waals surface area (Å²) in [6.07, 6.45) is 1.66. The highest BCUT2D eigenvalue weighted by Crippen LogP contribution is 2.30. The fourth-order valence-electron chi connectivity index (χ4n) is 2.96. The zero-order valence-corrected chi connectivity index (χ0v) is 16.0. The van der Waals surface area contributed by atoms with E-state index in [9.17, 15) is 18.0 Å². The molecule has 0 spiro atoms. The minimum absolute atomic E-state index is 0.272. The highest BCUT2D eigenvalue weighted by Gasteiger charge is 2.27. The molecule has 0 saturated heterocycles. The summed E-state index contributed by atoms with van der Waals surface area (Å²) in [6.45, 7) is 1.71. The van der Waals surface area contributed by atoms with E-state index in [2.05, 4.69) is 10.4 Å². The van der Waals surface area contributed by atoms with Crippen LogP contribution < -0.4 is 9.62 Å². The second-order valence-electron chi connectivity index (χ2n) is 6.35. The molecule has 1 amide bonds. The van der Waals surface area contributed by atoms with E-state index >= 15 is 0 Å². The Hall–Kier alpha value is -2.88. The molecule has 3 rings (SSSR count). The van der Waals surface area contributed by atoms with Gasteiger partial charge in [-0.2, -0.15) is 5.10 Å². The number of sulfonamides is 1. The molecule has 0 radical (unpaired) electrons. The number of carbonyl (C=O) groups is 2. The van der Waals surface area contributed by atoms with Crippen LogP contribution in [0.2, 0.25) is 0 Å². The zero-order chi connectivity index (χ0) is 19.8. The molecular formula is C17H20N4O5S. The number of aryl methyl sites for hydroxylation is 2. The molecule has 1 aromatic carbocycles. The first kappa shape index (κ1) is 18.9. The zero-order valence-electron chi connectivity index (χ0n) is 15.2. The number of esters is 1. The maximum atomic E-state index is 12.2. The third-order valence-corrected chi connectivity index (χ3v) is 5.35. The second-order valence-corrected chi connectivity index (χ2v) is 8.25. The van der Waals surface area contributed by atoms with Crippen molar-refractivity contribution in [3.8, 4) is 0 Å². The van der Waals surface area contributed by atoms with E-state index in [1.165, 1.54) is 15.1 Å². The molecule has 0 atom stereocenters. The van der Waals surface area contributed by atoms with E-state index in [0.29, 0.717) is 24.5 Å². The summed E-state index contributed by atoms with van der Waals surface area (Å²) < 4.78 is 31.4. The first-order chi connectivity index (χ1) is 12.6. The molecule has 1 aliphatic rings. The molecule has 0 aliphatic carbocycles. The molecule has 1 N–H and O–H groups in total. The number of hydrogen-bond acceptors (Lipinski definition) is 6. The molecule has 2 aromatic rings. The van der Waals surface area contributed by atoms with Gasteiger partial charge in [-0.05, 0) is 37.1 Å². The predicted octanol–water partition coefficient (Wildman–Crippen LogP) is 0.846. The Morgan fingerprint density at radius 3 is 2.67 bits per heavy atom. The molecule has 1 aromatic heterocycles. The lowest BCUT2D eigenvalue weighted by atomic mass is 10.1. The lowest BCUT2D eigenvalue weighted by molar-refractivity contribution is -0.119. The number of carbonyl (C=O) groups excluding carboxylic acids is 2. The van der Waals surface area contributed by atoms with Gasteiger partial charge in [0.25, 0.3) is 5.91 Å². The van der Waals surface area contributed by atoms with Gasteiger partial charge < -0.3 is 10.1 Å². The van der Waals surface area contributed by atoms with Gasteiger partial charge in [0.15, 0.2) is 6.61 Å². The Labute approximate surface area is 157 Å². The fourth-order valence-corrected chi connectivity index (χ4v) is 3.92. The van der Waals surface area contributed by atoms with Gasteiger partial charge in [-0.15, -0.1) is 0 Å². The average Bonchev–Trinajstić information content (AvgIpc) is 3.14. The van der Waals surface area contributed by atoms with Crippen molar-refractivity contribution in [1.82, 2.24) is 9.78 Å². The number of rotatable bonds is 5. The van der Waals surface area contributed by atoms with Crippen LogP contribution in [-0.4, -0.2) is 49.5 Å². The van der Waals surface area contributed by atoms with E-state index in [1.807, 2.05) is 0 Å². The first-order valence-corrected chi connectivity index (χ1v) is 10.1. The van der Waals surface area contributed by atoms with Gasteiger partial charge in [0.2, 0.25) is 10.0 Å². The Balaban J connectivity index is 1.62. The molecule has 0 unspecified atom stereocenters. The van der Waals surface area contributed by atoms with Crippen LogP contribution >= 0.6 is 0 Å². The van der Waals surface area contributed by atoms with Crippen molar-refractivity contribution < 1.29 is 22.7 Å². The normalized spacial score (nSPS) is 13.4. The van der Waals surface area contributed by atoms with Crippen molar-refractivity contribution in [3.05, 3.63) is 41.1 Å². The van der Waals surface area contributed by atoms with Crippen LogP contribution in [-0.2, 0) is 33.0 Å². The number of ether oxygens (including phenoxy) is 1. The minimum Gasteiger partial charge on any atom is -0.452 e. The van der Waals surface area contributed by atoms with E-state index in [1.54, 1.807) is 32.2 Å². The van der Waals surface area contributed by atoms with E-state index in [4.69, 9.17) is 4.74 Å². The third kappa shape index (κ3) is 4.11. The Kier molecular flexibility index (Phi) is 4.92. The van der Waals surface area contributed by atoms with Crippen LogP contribution in [0.25, 0.3) is 0 Å². The highest BCUT2D eigenvalue weighted by atomic mass is 32.2. The van der Waals surface area contributed by atoms with Crippen molar-refractivity contribution in [2.75, 3.05) is 29.0 Å². The molecule has 0 saturated carbocycles. The third-order valence-electron chi connectivity index (χ3n) is 4.17. The van der Waals surface area contributed by atoms with Crippen molar-refractivity contribution in [3.63, 3.8) is 0 Å². The molecule has 144 valence electrons. The number of hydrogen-bond donors (Lipinski definition) is 1. The summed E-state index contributed by atoms with van der Waals surface area (Å²) in [6, 6.07) is 6.38. The van der Waals surface area contributed by atoms with E-state index in [0.717, 1.165) is 17.5 Å². The Morgan fingerprint density at radius 2 is 2.04 bits per heavy atom. The van der Waals surface area contributed by atoms with E-state index < -0.39 is 28.5 Å². The number of benzene rings is 1. The summed E-state index contributed by atoms with van der Waals surface area (Å²) in [5, 5.41) is 6.72. The Bertz CT molecular complexity index is 1010. The smallest absolute Gasteiger partial charge is 0.338 e. The fraction of sp³-hybridized carbons (Fsp3) is 0.353. The molecule has 0 bridgehead atoms. The lowest BCUT2D eigenvalue weighted by Gasteiger charge is -2.16. The summed E-state index contributed by atoms with van der Waals surface area (Å²) >= 11 is 0. The summed E-state index contributed by atoms with van der Waals surface area (Å²) in [5.41, 5.74) is 2.35. The molecule has 2 heterocycles. The maximum absolute atomic E-state index is 12.2. The number of nitrogens with one attached hydrogen (secondary N) is 1. The molecular weight excluding hydrogens is 372 g/mol. The summed E-state index contributed by atoms with van der Waals surface area (Å²) in [4.78, 5) is 24.1. The number of amides is 1. The van der Waals surface area contributed by atoms with Gasteiger partial charge in [0, 0.05) is 19.7 Å². The number of anilines is 2. The number of fused-ring (bicyclic) bond motifs is 1. The van der Waals surface area contributed by atoms with Crippen molar-refractivity contribution in [1.29, 1.82) is 0 Å². The average molecular weight is 392 g/mol. The standard InChI is InChI=1S/C17H20N4O5S/c1-11-8-15(20(2)19-11)18-16(22)10-26-17(23)13-4-5-14-12(9-13)6-7-21(14)27(3,24)25/h4-5,8-9H,6-7,10H2,1-3H3,(H,18,22). The highest BCUT2D eigenvalue weighted by molar-refractivity contribution is 7.92. The minimum atomic E-state index is -3.34. The first-order valence-electron chi connectivity index (χ1n) is 8.23. The molecule has 10 heteroatoms. The van der Waals surface area contributed by atoms with Gasteiger partial charge in [-0.1, -0.05) is 0 Å².